The maximum Gasteiger partial charge on any atom is 0.122 e. The van der Waals surface area contributed by atoms with E-state index in [1.54, 1.807) is 12.1 Å². The first-order valence-electron chi connectivity index (χ1n) is 6.01. The van der Waals surface area contributed by atoms with Crippen LogP contribution in [0.15, 0.2) is 42.5 Å². The number of phenolic OH excluding ortho intramolecular Hbond substituents is 4. The van der Waals surface area contributed by atoms with Gasteiger partial charge in [-0.3, -0.25) is 0 Å². The van der Waals surface area contributed by atoms with Gasteiger partial charge in [-0.05, 0) is 42.3 Å². The van der Waals surface area contributed by atoms with Crippen LogP contribution in [-0.2, 0) is 6.42 Å². The zero-order chi connectivity index (χ0) is 14.3. The van der Waals surface area contributed by atoms with E-state index in [1.165, 1.54) is 30.3 Å². The molecule has 0 aliphatic carbocycles. The van der Waals surface area contributed by atoms with Crippen molar-refractivity contribution in [1.29, 1.82) is 0 Å². The molecule has 0 aromatic heterocycles. The molecule has 4 N–H and O–H groups in total. The highest BCUT2D eigenvalue weighted by Gasteiger charge is 1.99. The molecular formula is C15H18O4. The van der Waals surface area contributed by atoms with Gasteiger partial charge in [0.05, 0.1) is 0 Å². The summed E-state index contributed by atoms with van der Waals surface area (Å²) in [4.78, 5) is 0. The molecule has 4 heteroatoms. The molecule has 0 heterocycles. The summed E-state index contributed by atoms with van der Waals surface area (Å²) in [6.07, 6.45) is 1.85. The van der Waals surface area contributed by atoms with Crippen molar-refractivity contribution in [1.82, 2.24) is 0 Å². The normalized spacial score (nSPS) is 9.53. The van der Waals surface area contributed by atoms with Gasteiger partial charge in [-0.25, -0.2) is 0 Å². The van der Waals surface area contributed by atoms with E-state index in [-0.39, 0.29) is 23.0 Å². The lowest BCUT2D eigenvalue weighted by Gasteiger charge is -2.01. The van der Waals surface area contributed by atoms with Gasteiger partial charge in [-0.15, -0.1) is 0 Å². The van der Waals surface area contributed by atoms with E-state index in [4.69, 9.17) is 15.3 Å². The fourth-order valence-corrected chi connectivity index (χ4v) is 1.49. The molecule has 0 saturated carbocycles. The molecule has 0 aliphatic heterocycles. The van der Waals surface area contributed by atoms with E-state index < -0.39 is 0 Å². The molecule has 0 unspecified atom stereocenters. The Morgan fingerprint density at radius 1 is 0.737 bits per heavy atom. The third kappa shape index (κ3) is 5.21. The Morgan fingerprint density at radius 2 is 1.21 bits per heavy atom. The highest BCUT2D eigenvalue weighted by molar-refractivity contribution is 5.38. The largest absolute Gasteiger partial charge is 0.508 e. The Kier molecular flexibility index (Phi) is 5.54. The summed E-state index contributed by atoms with van der Waals surface area (Å²) >= 11 is 0. The minimum Gasteiger partial charge on any atom is -0.508 e. The number of benzene rings is 2. The lowest BCUT2D eigenvalue weighted by Crippen LogP contribution is -1.82. The van der Waals surface area contributed by atoms with Crippen LogP contribution in [0.4, 0.5) is 0 Å². The lowest BCUT2D eigenvalue weighted by molar-refractivity contribution is 0.445. The first-order valence-corrected chi connectivity index (χ1v) is 6.01. The van der Waals surface area contributed by atoms with E-state index in [2.05, 4.69) is 0 Å². The van der Waals surface area contributed by atoms with E-state index in [1.807, 2.05) is 6.92 Å². The van der Waals surface area contributed by atoms with Crippen molar-refractivity contribution in [2.75, 3.05) is 0 Å². The van der Waals surface area contributed by atoms with Crippen LogP contribution in [0.3, 0.4) is 0 Å². The van der Waals surface area contributed by atoms with Gasteiger partial charge in [-0.1, -0.05) is 19.4 Å². The number of hydrogen-bond donors (Lipinski definition) is 4. The molecule has 0 bridgehead atoms. The fraction of sp³-hybridized carbons (Fsp3) is 0.200. The first kappa shape index (κ1) is 14.7. The fourth-order valence-electron chi connectivity index (χ4n) is 1.49. The molecule has 0 saturated heterocycles. The Bertz CT molecular complexity index is 485. The minimum absolute atomic E-state index is 0.113. The highest BCUT2D eigenvalue weighted by atomic mass is 16.3. The van der Waals surface area contributed by atoms with Crippen LogP contribution < -0.4 is 0 Å². The summed E-state index contributed by atoms with van der Waals surface area (Å²) < 4.78 is 0. The van der Waals surface area contributed by atoms with Gasteiger partial charge in [0.1, 0.15) is 23.0 Å². The third-order valence-electron chi connectivity index (χ3n) is 2.44. The maximum absolute atomic E-state index is 9.26. The quantitative estimate of drug-likeness (QED) is 0.627. The van der Waals surface area contributed by atoms with Crippen LogP contribution >= 0.6 is 0 Å². The molecule has 0 atom stereocenters. The van der Waals surface area contributed by atoms with Gasteiger partial charge < -0.3 is 20.4 Å². The average molecular weight is 262 g/mol. The zero-order valence-electron chi connectivity index (χ0n) is 10.7. The van der Waals surface area contributed by atoms with Crippen LogP contribution in [0.25, 0.3) is 0 Å². The van der Waals surface area contributed by atoms with Crippen LogP contribution in [0, 0.1) is 0 Å². The van der Waals surface area contributed by atoms with Crippen molar-refractivity contribution in [3.05, 3.63) is 48.0 Å². The van der Waals surface area contributed by atoms with Gasteiger partial charge >= 0.3 is 0 Å². The van der Waals surface area contributed by atoms with Crippen LogP contribution in [0.1, 0.15) is 18.9 Å². The van der Waals surface area contributed by atoms with Crippen molar-refractivity contribution >= 4 is 0 Å². The minimum atomic E-state index is 0.113. The topological polar surface area (TPSA) is 80.9 Å². The van der Waals surface area contributed by atoms with E-state index >= 15 is 0 Å². The molecule has 0 spiro atoms. The summed E-state index contributed by atoms with van der Waals surface area (Å²) in [5.74, 6) is 0.639. The van der Waals surface area contributed by atoms with E-state index in [0.717, 1.165) is 18.4 Å². The van der Waals surface area contributed by atoms with Gasteiger partial charge in [0.25, 0.3) is 0 Å². The SMILES string of the molecule is CCCc1ccc(O)cc1O.Oc1ccc(O)cc1. The van der Waals surface area contributed by atoms with Crippen molar-refractivity contribution < 1.29 is 20.4 Å². The molecule has 2 rings (SSSR count). The summed E-state index contributed by atoms with van der Waals surface area (Å²) in [7, 11) is 0. The molecule has 4 nitrogen and oxygen atoms in total. The Balaban J connectivity index is 0.000000200. The van der Waals surface area contributed by atoms with Crippen LogP contribution in [0.2, 0.25) is 0 Å². The monoisotopic (exact) mass is 262 g/mol. The van der Waals surface area contributed by atoms with Crippen LogP contribution in [-0.4, -0.2) is 20.4 Å². The van der Waals surface area contributed by atoms with Crippen molar-refractivity contribution in [2.45, 2.75) is 19.8 Å². The number of phenols is 4. The lowest BCUT2D eigenvalue weighted by atomic mass is 10.1. The second-order valence-electron chi connectivity index (χ2n) is 4.08. The molecule has 0 aliphatic rings. The van der Waals surface area contributed by atoms with Crippen molar-refractivity contribution in [3.63, 3.8) is 0 Å². The number of hydrogen-bond acceptors (Lipinski definition) is 4. The standard InChI is InChI=1S/C9H12O2.C6H6O2/c1-2-3-7-4-5-8(10)6-9(7)11;7-5-1-2-6(8)4-3-5/h4-6,10-11H,2-3H2,1H3;1-4,7-8H. The van der Waals surface area contributed by atoms with Crippen molar-refractivity contribution in [2.24, 2.45) is 0 Å². The van der Waals surface area contributed by atoms with Gasteiger partial charge in [0.15, 0.2) is 0 Å². The predicted molar refractivity (Wildman–Crippen MR) is 73.5 cm³/mol. The van der Waals surface area contributed by atoms with Gasteiger partial charge in [0, 0.05) is 6.07 Å². The van der Waals surface area contributed by atoms with Gasteiger partial charge in [0.2, 0.25) is 0 Å². The molecule has 0 fully saturated rings. The first-order chi connectivity index (χ1) is 9.02. The Hall–Kier alpha value is -2.36. The molecule has 2 aromatic carbocycles. The zero-order valence-corrected chi connectivity index (χ0v) is 10.7. The smallest absolute Gasteiger partial charge is 0.122 e. The second-order valence-corrected chi connectivity index (χ2v) is 4.08. The number of aromatic hydroxyl groups is 4. The second kappa shape index (κ2) is 7.16. The summed E-state index contributed by atoms with van der Waals surface area (Å²) in [5.41, 5.74) is 0.894. The third-order valence-corrected chi connectivity index (χ3v) is 2.44. The van der Waals surface area contributed by atoms with Crippen molar-refractivity contribution in [3.8, 4) is 23.0 Å². The van der Waals surface area contributed by atoms with Crippen LogP contribution in [0.5, 0.6) is 23.0 Å². The molecule has 2 aromatic rings. The molecular weight excluding hydrogens is 244 g/mol. The summed E-state index contributed by atoms with van der Waals surface area (Å²) in [5, 5.41) is 35.5. The van der Waals surface area contributed by atoms with E-state index in [0.29, 0.717) is 0 Å². The summed E-state index contributed by atoms with van der Waals surface area (Å²) in [6, 6.07) is 10.4. The predicted octanol–water partition coefficient (Wildman–Crippen LogP) is 3.15. The highest BCUT2D eigenvalue weighted by Crippen LogP contribution is 2.23. The summed E-state index contributed by atoms with van der Waals surface area (Å²) in [6.45, 7) is 2.05. The average Bonchev–Trinajstić information content (AvgIpc) is 2.37. The maximum atomic E-state index is 9.26. The Labute approximate surface area is 112 Å². The molecule has 0 radical (unpaired) electrons. The molecule has 19 heavy (non-hydrogen) atoms. The number of aryl methyl sites for hydroxylation is 1. The van der Waals surface area contributed by atoms with Gasteiger partial charge in [-0.2, -0.15) is 0 Å². The number of rotatable bonds is 2. The van der Waals surface area contributed by atoms with E-state index in [9.17, 15) is 5.11 Å². The molecule has 0 amide bonds. The Morgan fingerprint density at radius 3 is 1.63 bits per heavy atom. The molecule has 102 valence electrons.